The third kappa shape index (κ3) is 2.85. The highest BCUT2D eigenvalue weighted by Crippen LogP contribution is 2.37. The van der Waals surface area contributed by atoms with Gasteiger partial charge in [0.05, 0.1) is 10.7 Å². The number of aromatic hydroxyl groups is 3. The number of anilines is 1. The number of aryl methyl sites for hydroxylation is 1. The van der Waals surface area contributed by atoms with Gasteiger partial charge in [0.15, 0.2) is 11.5 Å². The minimum absolute atomic E-state index is 0.280. The minimum Gasteiger partial charge on any atom is -0.504 e. The molecule has 2 aromatic rings. The molecule has 0 saturated heterocycles. The number of benzene rings is 2. The number of nitrogens with one attached hydrogen (secondary N) is 1. The predicted molar refractivity (Wildman–Crippen MR) is 75.0 cm³/mol. The van der Waals surface area contributed by atoms with Crippen molar-refractivity contribution in [3.8, 4) is 17.2 Å². The number of halogens is 1. The van der Waals surface area contributed by atoms with Crippen molar-refractivity contribution in [3.05, 3.63) is 46.5 Å². The average Bonchev–Trinajstić information content (AvgIpc) is 2.37. The maximum absolute atomic E-state index is 9.69. The topological polar surface area (TPSA) is 72.7 Å². The van der Waals surface area contributed by atoms with Crippen LogP contribution >= 0.6 is 11.6 Å². The zero-order valence-electron chi connectivity index (χ0n) is 10.3. The van der Waals surface area contributed by atoms with Crippen LogP contribution in [0.5, 0.6) is 17.2 Å². The molecule has 0 bridgehead atoms. The van der Waals surface area contributed by atoms with Gasteiger partial charge in [-0.05, 0) is 36.8 Å². The van der Waals surface area contributed by atoms with E-state index in [2.05, 4.69) is 5.32 Å². The fourth-order valence-electron chi connectivity index (χ4n) is 1.71. The Hall–Kier alpha value is -2.07. The number of hydrogen-bond donors (Lipinski definition) is 4. The lowest BCUT2D eigenvalue weighted by atomic mass is 10.1. The second-order valence-electron chi connectivity index (χ2n) is 4.28. The van der Waals surface area contributed by atoms with Crippen LogP contribution in [0.1, 0.15) is 11.1 Å². The summed E-state index contributed by atoms with van der Waals surface area (Å²) in [6, 6.07) is 8.44. The summed E-state index contributed by atoms with van der Waals surface area (Å²) in [6.07, 6.45) is 0. The number of hydrogen-bond acceptors (Lipinski definition) is 4. The Morgan fingerprint density at radius 3 is 2.47 bits per heavy atom. The Balaban J connectivity index is 2.17. The van der Waals surface area contributed by atoms with Gasteiger partial charge >= 0.3 is 0 Å². The van der Waals surface area contributed by atoms with Crippen LogP contribution < -0.4 is 5.32 Å². The summed E-state index contributed by atoms with van der Waals surface area (Å²) in [6.45, 7) is 2.22. The van der Waals surface area contributed by atoms with Gasteiger partial charge in [0.1, 0.15) is 0 Å². The fourth-order valence-corrected chi connectivity index (χ4v) is 2.01. The summed E-state index contributed by atoms with van der Waals surface area (Å²) < 4.78 is 0. The van der Waals surface area contributed by atoms with Crippen LogP contribution in [0.15, 0.2) is 30.3 Å². The summed E-state index contributed by atoms with van der Waals surface area (Å²) in [5.41, 5.74) is 2.26. The highest BCUT2D eigenvalue weighted by molar-refractivity contribution is 6.33. The van der Waals surface area contributed by atoms with Crippen LogP contribution in [0.2, 0.25) is 5.02 Å². The van der Waals surface area contributed by atoms with Gasteiger partial charge in [-0.3, -0.25) is 0 Å². The highest BCUT2D eigenvalue weighted by atomic mass is 35.5. The molecule has 0 saturated carbocycles. The average molecular weight is 280 g/mol. The first kappa shape index (κ1) is 13.4. The molecule has 100 valence electrons. The van der Waals surface area contributed by atoms with E-state index in [1.54, 1.807) is 0 Å². The molecule has 5 heteroatoms. The van der Waals surface area contributed by atoms with Crippen molar-refractivity contribution in [2.75, 3.05) is 5.32 Å². The molecular weight excluding hydrogens is 266 g/mol. The van der Waals surface area contributed by atoms with E-state index >= 15 is 0 Å². The van der Waals surface area contributed by atoms with Crippen molar-refractivity contribution in [1.82, 2.24) is 0 Å². The Morgan fingerprint density at radius 2 is 1.79 bits per heavy atom. The molecule has 19 heavy (non-hydrogen) atoms. The van der Waals surface area contributed by atoms with Crippen molar-refractivity contribution in [2.24, 2.45) is 0 Å². The van der Waals surface area contributed by atoms with Crippen molar-refractivity contribution in [3.63, 3.8) is 0 Å². The molecule has 4 N–H and O–H groups in total. The van der Waals surface area contributed by atoms with E-state index in [0.717, 1.165) is 11.3 Å². The van der Waals surface area contributed by atoms with Gasteiger partial charge in [-0.1, -0.05) is 17.7 Å². The second kappa shape index (κ2) is 5.28. The molecule has 0 fully saturated rings. The first-order valence-electron chi connectivity index (χ1n) is 5.72. The summed E-state index contributed by atoms with van der Waals surface area (Å²) in [5, 5.41) is 32.0. The van der Waals surface area contributed by atoms with Crippen LogP contribution in [0.4, 0.5) is 5.69 Å². The quantitative estimate of drug-likeness (QED) is 0.650. The zero-order valence-corrected chi connectivity index (χ0v) is 11.1. The van der Waals surface area contributed by atoms with Gasteiger partial charge < -0.3 is 20.6 Å². The Labute approximate surface area is 115 Å². The summed E-state index contributed by atoms with van der Waals surface area (Å²) in [5.74, 6) is -1.21. The third-order valence-corrected chi connectivity index (χ3v) is 3.12. The molecule has 0 atom stereocenters. The standard InChI is InChI=1S/C14H14ClNO3/c1-8-2-4-11(10(15)6-8)16-7-9-3-5-12(17)14(19)13(9)18/h2-6,16-19H,7H2,1H3. The van der Waals surface area contributed by atoms with Crippen LogP contribution in [-0.2, 0) is 6.54 Å². The van der Waals surface area contributed by atoms with Gasteiger partial charge in [-0.25, -0.2) is 0 Å². The van der Waals surface area contributed by atoms with Gasteiger partial charge in [0, 0.05) is 12.1 Å². The maximum atomic E-state index is 9.69. The number of phenols is 3. The van der Waals surface area contributed by atoms with E-state index < -0.39 is 5.75 Å². The smallest absolute Gasteiger partial charge is 0.200 e. The molecule has 0 unspecified atom stereocenters. The van der Waals surface area contributed by atoms with Crippen LogP contribution in [0.3, 0.4) is 0 Å². The summed E-state index contributed by atoms with van der Waals surface area (Å²) >= 11 is 6.08. The van der Waals surface area contributed by atoms with Crippen molar-refractivity contribution >= 4 is 17.3 Å². The monoisotopic (exact) mass is 279 g/mol. The molecule has 0 aromatic heterocycles. The molecule has 0 heterocycles. The Bertz CT molecular complexity index is 614. The molecular formula is C14H14ClNO3. The maximum Gasteiger partial charge on any atom is 0.200 e. The molecule has 0 aliphatic rings. The molecule has 0 aliphatic carbocycles. The van der Waals surface area contributed by atoms with Crippen LogP contribution in [-0.4, -0.2) is 15.3 Å². The Kier molecular flexibility index (Phi) is 3.71. The van der Waals surface area contributed by atoms with E-state index in [1.807, 2.05) is 25.1 Å². The lowest BCUT2D eigenvalue weighted by molar-refractivity contribution is 0.365. The van der Waals surface area contributed by atoms with E-state index in [1.165, 1.54) is 12.1 Å². The Morgan fingerprint density at radius 1 is 1.05 bits per heavy atom. The van der Waals surface area contributed by atoms with E-state index in [9.17, 15) is 15.3 Å². The highest BCUT2D eigenvalue weighted by Gasteiger charge is 2.11. The normalized spacial score (nSPS) is 10.4. The van der Waals surface area contributed by atoms with E-state index in [4.69, 9.17) is 11.6 Å². The molecule has 2 aromatic carbocycles. The molecule has 4 nitrogen and oxygen atoms in total. The van der Waals surface area contributed by atoms with Crippen molar-refractivity contribution in [1.29, 1.82) is 0 Å². The first-order valence-corrected chi connectivity index (χ1v) is 6.09. The summed E-state index contributed by atoms with van der Waals surface area (Å²) in [4.78, 5) is 0. The zero-order chi connectivity index (χ0) is 14.0. The third-order valence-electron chi connectivity index (χ3n) is 2.81. The fraction of sp³-hybridized carbons (Fsp3) is 0.143. The lowest BCUT2D eigenvalue weighted by Crippen LogP contribution is -2.00. The van der Waals surface area contributed by atoms with Crippen molar-refractivity contribution in [2.45, 2.75) is 13.5 Å². The van der Waals surface area contributed by atoms with Gasteiger partial charge in [-0.2, -0.15) is 0 Å². The second-order valence-corrected chi connectivity index (χ2v) is 4.69. The number of rotatable bonds is 3. The van der Waals surface area contributed by atoms with Gasteiger partial charge in [-0.15, -0.1) is 0 Å². The molecule has 2 rings (SSSR count). The minimum atomic E-state index is -0.519. The molecule has 0 radical (unpaired) electrons. The molecule has 0 aliphatic heterocycles. The SMILES string of the molecule is Cc1ccc(NCc2ccc(O)c(O)c2O)c(Cl)c1. The van der Waals surface area contributed by atoms with Crippen molar-refractivity contribution < 1.29 is 15.3 Å². The molecule has 0 amide bonds. The predicted octanol–water partition coefficient (Wildman–Crippen LogP) is 3.38. The van der Waals surface area contributed by atoms with Gasteiger partial charge in [0.25, 0.3) is 0 Å². The van der Waals surface area contributed by atoms with E-state index in [0.29, 0.717) is 10.6 Å². The number of phenolic OH excluding ortho intramolecular Hbond substituents is 3. The van der Waals surface area contributed by atoms with E-state index in [-0.39, 0.29) is 18.0 Å². The largest absolute Gasteiger partial charge is 0.504 e. The van der Waals surface area contributed by atoms with Crippen LogP contribution in [0.25, 0.3) is 0 Å². The van der Waals surface area contributed by atoms with Crippen LogP contribution in [0, 0.1) is 6.92 Å². The lowest BCUT2D eigenvalue weighted by Gasteiger charge is -2.11. The van der Waals surface area contributed by atoms with Gasteiger partial charge in [0.2, 0.25) is 5.75 Å². The summed E-state index contributed by atoms with van der Waals surface area (Å²) in [7, 11) is 0. The first-order chi connectivity index (χ1) is 8.99. The molecule has 0 spiro atoms.